The van der Waals surface area contributed by atoms with Crippen molar-refractivity contribution in [3.05, 3.63) is 71.8 Å². The number of phosphoric acid groups is 1. The molecule has 2 aliphatic rings. The van der Waals surface area contributed by atoms with Crippen LogP contribution in [0.4, 0.5) is 0 Å². The van der Waals surface area contributed by atoms with E-state index in [0.29, 0.717) is 0 Å². The molecule has 2 aromatic carbocycles. The fourth-order valence-electron chi connectivity index (χ4n) is 4.56. The summed E-state index contributed by atoms with van der Waals surface area (Å²) < 4.78 is 65.4. The van der Waals surface area contributed by atoms with Gasteiger partial charge in [0.15, 0.2) is 6.29 Å². The number of fused-ring (bicyclic) bond motifs is 1. The largest absolute Gasteiger partial charge is 0.472 e. The van der Waals surface area contributed by atoms with Crippen molar-refractivity contribution in [3.8, 4) is 0 Å². The summed E-state index contributed by atoms with van der Waals surface area (Å²) in [5, 5.41) is 0. The van der Waals surface area contributed by atoms with E-state index in [1.165, 1.54) is 21.3 Å². The molecule has 0 saturated carbocycles. The summed E-state index contributed by atoms with van der Waals surface area (Å²) in [6, 6.07) is 18.6. The number of rotatable bonds is 12. The van der Waals surface area contributed by atoms with Crippen LogP contribution >= 0.6 is 7.82 Å². The maximum atomic E-state index is 12.7. The van der Waals surface area contributed by atoms with Gasteiger partial charge in [0, 0.05) is 21.3 Å². The highest BCUT2D eigenvalue weighted by molar-refractivity contribution is 7.47. The Hall–Kier alpha value is -1.73. The minimum Gasteiger partial charge on any atom is -0.365 e. The van der Waals surface area contributed by atoms with Crippen molar-refractivity contribution >= 4 is 7.82 Å². The lowest BCUT2D eigenvalue weighted by Gasteiger charge is -2.57. The van der Waals surface area contributed by atoms with Gasteiger partial charge >= 0.3 is 7.82 Å². The second-order valence-electron chi connectivity index (χ2n) is 9.53. The average Bonchev–Trinajstić information content (AvgIpc) is 2.96. The SMILES string of the molecule is CO[C@H]1O[C@H](COP(=O)(O)OCc2ccccc2)[C@H]2O[C@](C)(OC)[C@@](C)(OC)O[C@@H]2[C@@H]1OCc1ccccc1. The molecule has 1 N–H and O–H groups in total. The second kappa shape index (κ2) is 12.8. The summed E-state index contributed by atoms with van der Waals surface area (Å²) in [6.07, 6.45) is -4.20. The Labute approximate surface area is 228 Å². The second-order valence-corrected chi connectivity index (χ2v) is 11.0. The smallest absolute Gasteiger partial charge is 0.365 e. The zero-order valence-electron chi connectivity index (χ0n) is 22.8. The van der Waals surface area contributed by atoms with Crippen LogP contribution in [0, 0.1) is 0 Å². The van der Waals surface area contributed by atoms with Gasteiger partial charge in [-0.05, 0) is 25.0 Å². The summed E-state index contributed by atoms with van der Waals surface area (Å²) in [7, 11) is -0.0147. The first-order valence-electron chi connectivity index (χ1n) is 12.6. The van der Waals surface area contributed by atoms with Crippen LogP contribution in [0.25, 0.3) is 0 Å². The Kier molecular flexibility index (Phi) is 9.96. The van der Waals surface area contributed by atoms with Crippen LogP contribution in [0.1, 0.15) is 25.0 Å². The molecule has 11 nitrogen and oxygen atoms in total. The first-order chi connectivity index (χ1) is 18.6. The lowest BCUT2D eigenvalue weighted by molar-refractivity contribution is -0.480. The molecule has 12 heteroatoms. The van der Waals surface area contributed by atoms with Crippen molar-refractivity contribution in [3.63, 3.8) is 0 Å². The Morgan fingerprint density at radius 3 is 1.90 bits per heavy atom. The Balaban J connectivity index is 1.53. The highest BCUT2D eigenvalue weighted by Crippen LogP contribution is 2.47. The third kappa shape index (κ3) is 6.95. The molecule has 0 aromatic heterocycles. The van der Waals surface area contributed by atoms with Crippen molar-refractivity contribution in [2.24, 2.45) is 0 Å². The molecule has 4 rings (SSSR count). The van der Waals surface area contributed by atoms with E-state index in [-0.39, 0.29) is 19.8 Å². The topological polar surface area (TPSA) is 120 Å². The van der Waals surface area contributed by atoms with Crippen LogP contribution in [0.15, 0.2) is 60.7 Å². The van der Waals surface area contributed by atoms with Gasteiger partial charge in [0.1, 0.15) is 24.4 Å². The predicted molar refractivity (Wildman–Crippen MR) is 138 cm³/mol. The van der Waals surface area contributed by atoms with Gasteiger partial charge in [-0.15, -0.1) is 0 Å². The summed E-state index contributed by atoms with van der Waals surface area (Å²) in [6.45, 7) is 3.17. The van der Waals surface area contributed by atoms with E-state index in [1.54, 1.807) is 38.1 Å². The van der Waals surface area contributed by atoms with E-state index in [9.17, 15) is 9.46 Å². The van der Waals surface area contributed by atoms with Crippen LogP contribution < -0.4 is 0 Å². The van der Waals surface area contributed by atoms with E-state index in [4.69, 9.17) is 42.2 Å². The molecule has 0 bridgehead atoms. The molecule has 0 radical (unpaired) electrons. The molecule has 2 aliphatic heterocycles. The molecule has 0 amide bonds. The van der Waals surface area contributed by atoms with E-state index in [2.05, 4.69) is 0 Å². The molecule has 1 unspecified atom stereocenters. The third-order valence-corrected chi connectivity index (χ3v) is 8.00. The average molecular weight is 569 g/mol. The summed E-state index contributed by atoms with van der Waals surface area (Å²) in [4.78, 5) is 10.3. The maximum absolute atomic E-state index is 12.7. The third-order valence-electron chi connectivity index (χ3n) is 7.07. The number of hydrogen-bond acceptors (Lipinski definition) is 10. The van der Waals surface area contributed by atoms with Crippen LogP contribution in [-0.4, -0.2) is 75.1 Å². The van der Waals surface area contributed by atoms with Crippen molar-refractivity contribution in [2.45, 2.75) is 69.3 Å². The number of phosphoric ester groups is 1. The highest BCUT2D eigenvalue weighted by Gasteiger charge is 2.63. The van der Waals surface area contributed by atoms with Crippen molar-refractivity contribution < 1.29 is 51.7 Å². The lowest BCUT2D eigenvalue weighted by atomic mass is 9.94. The van der Waals surface area contributed by atoms with Gasteiger partial charge in [-0.2, -0.15) is 0 Å². The van der Waals surface area contributed by atoms with Crippen LogP contribution in [0.5, 0.6) is 0 Å². The monoisotopic (exact) mass is 568 g/mol. The fraction of sp³-hybridized carbons (Fsp3) is 0.556. The van der Waals surface area contributed by atoms with Crippen molar-refractivity contribution in [1.82, 2.24) is 0 Å². The minimum absolute atomic E-state index is 0.101. The molecule has 2 aromatic rings. The van der Waals surface area contributed by atoms with Crippen LogP contribution in [0.3, 0.4) is 0 Å². The van der Waals surface area contributed by atoms with E-state index < -0.39 is 50.1 Å². The molecule has 0 spiro atoms. The predicted octanol–water partition coefficient (Wildman–Crippen LogP) is 3.79. The molecule has 39 heavy (non-hydrogen) atoms. The molecule has 2 saturated heterocycles. The Morgan fingerprint density at radius 2 is 1.36 bits per heavy atom. The normalized spacial score (nSPS) is 34.3. The fourth-order valence-corrected chi connectivity index (χ4v) is 5.28. The number of hydrogen-bond donors (Lipinski definition) is 1. The standard InChI is InChI=1S/C27H37O11P/c1-26(31-4)27(2,32-5)38-23-22(37-26)21(18-35-39(28,29)34-17-20-14-10-7-11-15-20)36-25(30-3)24(23)33-16-19-12-8-6-9-13-19/h6-15,21-25H,16-18H2,1-5H3,(H,28,29)/t21-,22-,23+,24+,25+,26+,27+/m1/s1. The first-order valence-corrected chi connectivity index (χ1v) is 14.1. The van der Waals surface area contributed by atoms with E-state index in [1.807, 2.05) is 36.4 Å². The van der Waals surface area contributed by atoms with Gasteiger partial charge in [0.05, 0.1) is 19.8 Å². The molecule has 216 valence electrons. The number of ether oxygens (including phenoxy) is 7. The summed E-state index contributed by atoms with van der Waals surface area (Å²) in [5.41, 5.74) is 1.67. The van der Waals surface area contributed by atoms with Gasteiger partial charge in [-0.1, -0.05) is 60.7 Å². The van der Waals surface area contributed by atoms with Crippen LogP contribution in [0.2, 0.25) is 0 Å². The number of benzene rings is 2. The molecular formula is C27H37O11P. The Morgan fingerprint density at radius 1 is 0.821 bits per heavy atom. The van der Waals surface area contributed by atoms with Gasteiger partial charge in [0.25, 0.3) is 0 Å². The van der Waals surface area contributed by atoms with Gasteiger partial charge in [0.2, 0.25) is 11.6 Å². The van der Waals surface area contributed by atoms with Gasteiger partial charge < -0.3 is 38.1 Å². The first kappa shape index (κ1) is 30.2. The lowest BCUT2D eigenvalue weighted by Crippen LogP contribution is -2.73. The minimum atomic E-state index is -4.44. The van der Waals surface area contributed by atoms with Crippen LogP contribution in [-0.2, 0) is 60.0 Å². The van der Waals surface area contributed by atoms with E-state index in [0.717, 1.165) is 11.1 Å². The number of methoxy groups -OCH3 is 3. The maximum Gasteiger partial charge on any atom is 0.472 e. The van der Waals surface area contributed by atoms with Gasteiger partial charge in [-0.3, -0.25) is 9.05 Å². The van der Waals surface area contributed by atoms with Crippen molar-refractivity contribution in [1.29, 1.82) is 0 Å². The molecule has 0 aliphatic carbocycles. The molecule has 8 atom stereocenters. The van der Waals surface area contributed by atoms with Crippen molar-refractivity contribution in [2.75, 3.05) is 27.9 Å². The molecule has 2 heterocycles. The molecule has 2 fully saturated rings. The Bertz CT molecular complexity index is 1090. The molecular weight excluding hydrogens is 531 g/mol. The quantitative estimate of drug-likeness (QED) is 0.377. The zero-order valence-corrected chi connectivity index (χ0v) is 23.7. The van der Waals surface area contributed by atoms with Gasteiger partial charge in [-0.25, -0.2) is 4.57 Å². The summed E-state index contributed by atoms with van der Waals surface area (Å²) >= 11 is 0. The zero-order chi connectivity index (χ0) is 28.1. The highest BCUT2D eigenvalue weighted by atomic mass is 31.2. The van der Waals surface area contributed by atoms with E-state index >= 15 is 0 Å². The summed E-state index contributed by atoms with van der Waals surface area (Å²) in [5.74, 6) is -2.69.